The molecule has 0 unspecified atom stereocenters. The molecule has 7 heteroatoms. The van der Waals surface area contributed by atoms with Crippen molar-refractivity contribution in [2.75, 3.05) is 0 Å². The van der Waals surface area contributed by atoms with Crippen LogP contribution in [0.2, 0.25) is 5.02 Å². The minimum absolute atomic E-state index is 0.0722. The van der Waals surface area contributed by atoms with Gasteiger partial charge in [0.2, 0.25) is 5.78 Å². The lowest BCUT2D eigenvalue weighted by molar-refractivity contribution is -0.385. The first-order chi connectivity index (χ1) is 11.3. The van der Waals surface area contributed by atoms with Crippen molar-refractivity contribution in [3.05, 3.63) is 67.4 Å². The van der Waals surface area contributed by atoms with Gasteiger partial charge in [0, 0.05) is 11.1 Å². The Balaban J connectivity index is 2.02. The zero-order valence-corrected chi connectivity index (χ0v) is 13.5. The van der Waals surface area contributed by atoms with Gasteiger partial charge in [-0.15, -0.1) is 0 Å². The average Bonchev–Trinajstić information content (AvgIpc) is 2.80. The monoisotopic (exact) mass is 345 g/mol. The summed E-state index contributed by atoms with van der Waals surface area (Å²) < 4.78 is 5.59. The van der Waals surface area contributed by atoms with Gasteiger partial charge in [-0.05, 0) is 54.8 Å². The fourth-order valence-electron chi connectivity index (χ4n) is 2.60. The first kappa shape index (κ1) is 16.0. The molecule has 1 aliphatic heterocycles. The number of hydrogen-bond acceptors (Lipinski definition) is 5. The molecule has 0 aliphatic carbocycles. The van der Waals surface area contributed by atoms with Crippen molar-refractivity contribution in [1.29, 1.82) is 0 Å². The number of halogens is 1. The minimum atomic E-state index is -0.687. The lowest BCUT2D eigenvalue weighted by Gasteiger charge is -2.05. The number of rotatable bonds is 2. The number of nitrogens with zero attached hydrogens (tertiary/aromatic N) is 1. The number of nitro groups is 1. The highest BCUT2D eigenvalue weighted by Crippen LogP contribution is 2.39. The number of phenolic OH excluding ortho intramolecular Hbond substituents is 1. The van der Waals surface area contributed by atoms with Crippen LogP contribution < -0.4 is 4.74 Å². The van der Waals surface area contributed by atoms with Crippen molar-refractivity contribution in [3.63, 3.8) is 0 Å². The topological polar surface area (TPSA) is 89.7 Å². The van der Waals surface area contributed by atoms with E-state index in [0.717, 1.165) is 5.56 Å². The molecule has 6 nitrogen and oxygen atoms in total. The lowest BCUT2D eigenvalue weighted by Crippen LogP contribution is -2.00. The lowest BCUT2D eigenvalue weighted by atomic mass is 10.0. The molecule has 1 N–H and O–H groups in total. The van der Waals surface area contributed by atoms with Crippen LogP contribution in [0.15, 0.2) is 30.0 Å². The van der Waals surface area contributed by atoms with Gasteiger partial charge in [-0.3, -0.25) is 14.9 Å². The van der Waals surface area contributed by atoms with Crippen LogP contribution >= 0.6 is 11.6 Å². The highest BCUT2D eigenvalue weighted by atomic mass is 35.5. The molecule has 0 amide bonds. The number of allylic oxidation sites excluding steroid dienone is 1. The van der Waals surface area contributed by atoms with E-state index >= 15 is 0 Å². The third kappa shape index (κ3) is 2.51. The van der Waals surface area contributed by atoms with Gasteiger partial charge in [0.05, 0.1) is 10.5 Å². The highest BCUT2D eigenvalue weighted by molar-refractivity contribution is 6.33. The third-order valence-corrected chi connectivity index (χ3v) is 4.39. The van der Waals surface area contributed by atoms with Crippen LogP contribution in [0.3, 0.4) is 0 Å². The van der Waals surface area contributed by atoms with Gasteiger partial charge < -0.3 is 9.84 Å². The van der Waals surface area contributed by atoms with Crippen LogP contribution in [0.4, 0.5) is 5.69 Å². The van der Waals surface area contributed by atoms with E-state index in [-0.39, 0.29) is 11.5 Å². The molecule has 0 aromatic heterocycles. The van der Waals surface area contributed by atoms with E-state index in [1.54, 1.807) is 13.0 Å². The predicted octanol–water partition coefficient (Wildman–Crippen LogP) is 4.19. The number of aryl methyl sites for hydroxylation is 1. The number of nitro benzene ring substituents is 1. The van der Waals surface area contributed by atoms with Crippen molar-refractivity contribution in [2.45, 2.75) is 13.8 Å². The summed E-state index contributed by atoms with van der Waals surface area (Å²) in [4.78, 5) is 22.6. The first-order valence-electron chi connectivity index (χ1n) is 7.01. The van der Waals surface area contributed by atoms with Crippen molar-refractivity contribution < 1.29 is 19.6 Å². The van der Waals surface area contributed by atoms with Gasteiger partial charge in [0.1, 0.15) is 5.75 Å². The maximum Gasteiger partial charge on any atom is 0.310 e. The van der Waals surface area contributed by atoms with E-state index in [0.29, 0.717) is 27.5 Å². The van der Waals surface area contributed by atoms with Crippen molar-refractivity contribution >= 4 is 29.1 Å². The third-order valence-electron chi connectivity index (χ3n) is 3.81. The summed E-state index contributed by atoms with van der Waals surface area (Å²) in [5, 5.41) is 20.9. The molecule has 0 radical (unpaired) electrons. The Morgan fingerprint density at radius 1 is 1.29 bits per heavy atom. The minimum Gasteiger partial charge on any atom is -0.502 e. The summed E-state index contributed by atoms with van der Waals surface area (Å²) in [7, 11) is 0. The van der Waals surface area contributed by atoms with E-state index < -0.39 is 16.4 Å². The Bertz CT molecular complexity index is 933. The molecular formula is C17H12ClNO5. The maximum absolute atomic E-state index is 12.5. The van der Waals surface area contributed by atoms with Crippen LogP contribution in [0, 0.1) is 24.0 Å². The molecule has 0 fully saturated rings. The molecule has 3 rings (SSSR count). The van der Waals surface area contributed by atoms with Gasteiger partial charge in [0.15, 0.2) is 11.5 Å². The Labute approximate surface area is 142 Å². The number of aromatic hydroxyl groups is 1. The fraction of sp³-hybridized carbons (Fsp3) is 0.118. The molecule has 24 heavy (non-hydrogen) atoms. The SMILES string of the molecule is Cc1cc2c(c(C)c1Cl)C(=O)C(=Cc1ccc([N+](=O)[O-])c(O)c1)O2. The maximum atomic E-state index is 12.5. The molecule has 0 spiro atoms. The molecule has 2 aromatic rings. The number of carbonyl (C=O) groups is 1. The van der Waals surface area contributed by atoms with Gasteiger partial charge in [-0.25, -0.2) is 0 Å². The summed E-state index contributed by atoms with van der Waals surface area (Å²) in [6.07, 6.45) is 1.43. The Morgan fingerprint density at radius 3 is 2.62 bits per heavy atom. The second-order valence-corrected chi connectivity index (χ2v) is 5.83. The van der Waals surface area contributed by atoms with Gasteiger partial charge in [0.25, 0.3) is 0 Å². The zero-order valence-electron chi connectivity index (χ0n) is 12.8. The standard InChI is InChI=1S/C17H12ClNO5/c1-8-5-13-15(9(2)16(8)18)17(21)14(24-13)7-10-3-4-11(19(22)23)12(20)6-10/h3-7,20H,1-2H3. The molecule has 122 valence electrons. The molecule has 1 heterocycles. The molecule has 2 aromatic carbocycles. The first-order valence-corrected chi connectivity index (χ1v) is 7.38. The number of fused-ring (bicyclic) bond motifs is 1. The smallest absolute Gasteiger partial charge is 0.310 e. The average molecular weight is 346 g/mol. The zero-order chi connectivity index (χ0) is 17.6. The number of Topliss-reactive ketones (excluding diaryl/α,β-unsaturated/α-hetero) is 1. The van der Waals surface area contributed by atoms with Crippen LogP contribution in [0.1, 0.15) is 27.0 Å². The van der Waals surface area contributed by atoms with E-state index in [1.165, 1.54) is 24.3 Å². The molecule has 0 bridgehead atoms. The molecule has 0 saturated heterocycles. The fourth-order valence-corrected chi connectivity index (χ4v) is 2.75. The van der Waals surface area contributed by atoms with E-state index in [2.05, 4.69) is 0 Å². The summed E-state index contributed by atoms with van der Waals surface area (Å²) in [6.45, 7) is 3.57. The normalized spacial score (nSPS) is 14.6. The number of carbonyl (C=O) groups excluding carboxylic acids is 1. The van der Waals surface area contributed by atoms with E-state index in [1.807, 2.05) is 6.92 Å². The van der Waals surface area contributed by atoms with Crippen molar-refractivity contribution in [3.8, 4) is 11.5 Å². The molecule has 1 aliphatic rings. The summed E-state index contributed by atoms with van der Waals surface area (Å²) in [5.74, 6) is -0.297. The van der Waals surface area contributed by atoms with Crippen LogP contribution in [0.5, 0.6) is 11.5 Å². The van der Waals surface area contributed by atoms with Gasteiger partial charge >= 0.3 is 5.69 Å². The van der Waals surface area contributed by atoms with Crippen LogP contribution in [-0.2, 0) is 0 Å². The quantitative estimate of drug-likeness (QED) is 0.501. The van der Waals surface area contributed by atoms with Crippen molar-refractivity contribution in [2.24, 2.45) is 0 Å². The van der Waals surface area contributed by atoms with Gasteiger partial charge in [-0.2, -0.15) is 0 Å². The Hall–Kier alpha value is -2.86. The summed E-state index contributed by atoms with van der Waals surface area (Å²) in [6, 6.07) is 5.49. The largest absolute Gasteiger partial charge is 0.502 e. The Kier molecular flexibility index (Phi) is 3.77. The molecule has 0 saturated carbocycles. The highest BCUT2D eigenvalue weighted by Gasteiger charge is 2.31. The predicted molar refractivity (Wildman–Crippen MR) is 88.6 cm³/mol. The van der Waals surface area contributed by atoms with Gasteiger partial charge in [-0.1, -0.05) is 11.6 Å². The van der Waals surface area contributed by atoms with E-state index in [4.69, 9.17) is 16.3 Å². The van der Waals surface area contributed by atoms with Crippen LogP contribution in [0.25, 0.3) is 6.08 Å². The number of hydrogen-bond donors (Lipinski definition) is 1. The second-order valence-electron chi connectivity index (χ2n) is 5.45. The van der Waals surface area contributed by atoms with Crippen molar-refractivity contribution in [1.82, 2.24) is 0 Å². The Morgan fingerprint density at radius 2 is 2.00 bits per heavy atom. The summed E-state index contributed by atoms with van der Waals surface area (Å²) in [5.41, 5.74) is 1.86. The molecule has 0 atom stereocenters. The second kappa shape index (κ2) is 5.65. The molecular weight excluding hydrogens is 334 g/mol. The van der Waals surface area contributed by atoms with Crippen LogP contribution in [-0.4, -0.2) is 15.8 Å². The number of ether oxygens (including phenoxy) is 1. The number of phenols is 1. The summed E-state index contributed by atoms with van der Waals surface area (Å²) >= 11 is 6.18. The number of ketones is 1. The van der Waals surface area contributed by atoms with E-state index in [9.17, 15) is 20.0 Å². The number of benzene rings is 2.